The van der Waals surface area contributed by atoms with Crippen molar-refractivity contribution in [3.63, 3.8) is 0 Å². The first-order valence-corrected chi connectivity index (χ1v) is 10.3. The molecule has 2 aromatic heterocycles. The van der Waals surface area contributed by atoms with Gasteiger partial charge in [-0.2, -0.15) is 5.26 Å². The fraction of sp³-hybridized carbons (Fsp3) is 0.429. The molecule has 1 amide bonds. The smallest absolute Gasteiger partial charge is 0.329 e. The van der Waals surface area contributed by atoms with Crippen LogP contribution < -0.4 is 10.6 Å². The maximum absolute atomic E-state index is 12.6. The molecule has 0 fully saturated rings. The van der Waals surface area contributed by atoms with Gasteiger partial charge in [-0.1, -0.05) is 6.07 Å². The second-order valence-electron chi connectivity index (χ2n) is 7.84. The minimum Gasteiger partial charge on any atom is -0.459 e. The van der Waals surface area contributed by atoms with Crippen LogP contribution in [0.5, 0.6) is 0 Å². The first-order valence-electron chi connectivity index (χ1n) is 9.49. The number of esters is 1. The first-order chi connectivity index (χ1) is 13.8. The van der Waals surface area contributed by atoms with Gasteiger partial charge < -0.3 is 10.1 Å². The highest BCUT2D eigenvalue weighted by atomic mass is 32.1. The molecule has 3 rings (SSSR count). The van der Waals surface area contributed by atoms with Gasteiger partial charge in [-0.3, -0.25) is 15.1 Å². The number of hydrogen-bond acceptors (Lipinski definition) is 7. The zero-order valence-electron chi connectivity index (χ0n) is 16.7. The molecule has 1 aliphatic heterocycles. The van der Waals surface area contributed by atoms with Crippen LogP contribution in [0, 0.1) is 11.3 Å². The van der Waals surface area contributed by atoms with Gasteiger partial charge in [-0.05, 0) is 50.8 Å². The number of nitrogens with one attached hydrogen (secondary N) is 2. The molecule has 7 nitrogen and oxygen atoms in total. The molecule has 0 radical (unpaired) electrons. The van der Waals surface area contributed by atoms with E-state index < -0.39 is 11.6 Å². The fourth-order valence-corrected chi connectivity index (χ4v) is 4.43. The number of carbonyl (C=O) groups is 2. The average molecular weight is 413 g/mol. The Hall–Kier alpha value is -2.76. The fourth-order valence-electron chi connectivity index (χ4n) is 3.15. The van der Waals surface area contributed by atoms with Crippen LogP contribution in [0.25, 0.3) is 0 Å². The van der Waals surface area contributed by atoms with Crippen molar-refractivity contribution < 1.29 is 14.3 Å². The second-order valence-corrected chi connectivity index (χ2v) is 8.89. The summed E-state index contributed by atoms with van der Waals surface area (Å²) in [6, 6.07) is 5.32. The van der Waals surface area contributed by atoms with Crippen LogP contribution in [0.1, 0.15) is 54.8 Å². The molecule has 8 heteroatoms. The molecule has 1 atom stereocenters. The molecule has 0 bridgehead atoms. The zero-order valence-corrected chi connectivity index (χ0v) is 17.6. The quantitative estimate of drug-likeness (QED) is 0.731. The number of rotatable bonds is 5. The van der Waals surface area contributed by atoms with Gasteiger partial charge in [0.05, 0.1) is 5.56 Å². The van der Waals surface area contributed by atoms with E-state index in [0.29, 0.717) is 30.0 Å². The standard InChI is InChI=1S/C21H24N4O3S/c1-21(2,3)28-20(27)17-18-14(8-10-24-17)15(11-22)19(29-18)25-16(26)7-6-13-5-4-9-23-12-13/h4-5,9,12,17,24H,6-8,10H2,1-3H3,(H,25,26). The number of aryl methyl sites for hydroxylation is 1. The maximum atomic E-state index is 12.6. The lowest BCUT2D eigenvalue weighted by Crippen LogP contribution is -2.38. The number of fused-ring (bicyclic) bond motifs is 1. The van der Waals surface area contributed by atoms with Crippen molar-refractivity contribution in [1.29, 1.82) is 5.26 Å². The summed E-state index contributed by atoms with van der Waals surface area (Å²) in [5, 5.41) is 16.2. The Bertz CT molecular complexity index is 941. The molecule has 1 unspecified atom stereocenters. The number of pyridine rings is 1. The van der Waals surface area contributed by atoms with E-state index in [4.69, 9.17) is 4.74 Å². The Morgan fingerprint density at radius 1 is 1.45 bits per heavy atom. The van der Waals surface area contributed by atoms with Gasteiger partial charge in [-0.25, -0.2) is 4.79 Å². The lowest BCUT2D eigenvalue weighted by molar-refractivity contribution is -0.157. The summed E-state index contributed by atoms with van der Waals surface area (Å²) in [6.45, 7) is 6.02. The Morgan fingerprint density at radius 3 is 2.90 bits per heavy atom. The number of thiophene rings is 1. The van der Waals surface area contributed by atoms with Crippen molar-refractivity contribution in [2.24, 2.45) is 0 Å². The van der Waals surface area contributed by atoms with E-state index in [1.165, 1.54) is 11.3 Å². The van der Waals surface area contributed by atoms with Crippen LogP contribution in [0.4, 0.5) is 5.00 Å². The normalized spacial score (nSPS) is 15.9. The maximum Gasteiger partial charge on any atom is 0.329 e. The van der Waals surface area contributed by atoms with E-state index in [-0.39, 0.29) is 18.3 Å². The van der Waals surface area contributed by atoms with Gasteiger partial charge in [0, 0.05) is 30.2 Å². The molecule has 3 heterocycles. The van der Waals surface area contributed by atoms with E-state index in [0.717, 1.165) is 16.0 Å². The molecule has 0 spiro atoms. The van der Waals surface area contributed by atoms with Crippen LogP contribution in [0.2, 0.25) is 0 Å². The Labute approximate surface area is 174 Å². The molecule has 0 saturated heterocycles. The number of amides is 1. The number of nitriles is 1. The van der Waals surface area contributed by atoms with Crippen LogP contribution in [-0.4, -0.2) is 29.0 Å². The van der Waals surface area contributed by atoms with Crippen molar-refractivity contribution in [2.45, 2.75) is 51.7 Å². The predicted octanol–water partition coefficient (Wildman–Crippen LogP) is 3.11. The van der Waals surface area contributed by atoms with Gasteiger partial charge in [0.25, 0.3) is 0 Å². The van der Waals surface area contributed by atoms with Gasteiger partial charge in [-0.15, -0.1) is 11.3 Å². The Kier molecular flexibility index (Phi) is 6.30. The van der Waals surface area contributed by atoms with E-state index in [1.807, 2.05) is 32.9 Å². The summed E-state index contributed by atoms with van der Waals surface area (Å²) in [5.41, 5.74) is 1.63. The largest absolute Gasteiger partial charge is 0.459 e. The summed E-state index contributed by atoms with van der Waals surface area (Å²) in [6.07, 6.45) is 4.89. The third kappa shape index (κ3) is 5.19. The average Bonchev–Trinajstić information content (AvgIpc) is 3.02. The molecule has 0 aromatic carbocycles. The minimum absolute atomic E-state index is 0.175. The van der Waals surface area contributed by atoms with Crippen molar-refractivity contribution in [3.05, 3.63) is 46.1 Å². The molecule has 0 aliphatic carbocycles. The molecule has 152 valence electrons. The third-order valence-electron chi connectivity index (χ3n) is 4.39. The van der Waals surface area contributed by atoms with Crippen LogP contribution >= 0.6 is 11.3 Å². The monoisotopic (exact) mass is 412 g/mol. The number of aromatic nitrogens is 1. The highest BCUT2D eigenvalue weighted by Crippen LogP contribution is 2.40. The summed E-state index contributed by atoms with van der Waals surface area (Å²) in [7, 11) is 0. The molecule has 2 N–H and O–H groups in total. The summed E-state index contributed by atoms with van der Waals surface area (Å²) in [5.74, 6) is -0.552. The van der Waals surface area contributed by atoms with Crippen molar-refractivity contribution in [2.75, 3.05) is 11.9 Å². The lowest BCUT2D eigenvalue weighted by Gasteiger charge is -2.27. The number of nitrogens with zero attached hydrogens (tertiary/aromatic N) is 2. The topological polar surface area (TPSA) is 104 Å². The third-order valence-corrected chi connectivity index (χ3v) is 5.61. The predicted molar refractivity (Wildman–Crippen MR) is 111 cm³/mol. The molecule has 2 aromatic rings. The SMILES string of the molecule is CC(C)(C)OC(=O)C1NCCc2c1sc(NC(=O)CCc1cccnc1)c2C#N. The summed E-state index contributed by atoms with van der Waals surface area (Å²) in [4.78, 5) is 29.8. The van der Waals surface area contributed by atoms with E-state index in [1.54, 1.807) is 12.4 Å². The van der Waals surface area contributed by atoms with Crippen molar-refractivity contribution in [3.8, 4) is 6.07 Å². The second kappa shape index (κ2) is 8.72. The van der Waals surface area contributed by atoms with Crippen molar-refractivity contribution in [1.82, 2.24) is 10.3 Å². The van der Waals surface area contributed by atoms with Crippen molar-refractivity contribution >= 4 is 28.2 Å². The van der Waals surface area contributed by atoms with Crippen LogP contribution in [-0.2, 0) is 27.2 Å². The first kappa shape index (κ1) is 21.0. The van der Waals surface area contributed by atoms with Crippen LogP contribution in [0.3, 0.4) is 0 Å². The van der Waals surface area contributed by atoms with E-state index >= 15 is 0 Å². The number of carbonyl (C=O) groups excluding carboxylic acids is 2. The number of hydrogen-bond donors (Lipinski definition) is 2. The minimum atomic E-state index is -0.629. The number of ether oxygens (including phenoxy) is 1. The highest BCUT2D eigenvalue weighted by molar-refractivity contribution is 7.17. The van der Waals surface area contributed by atoms with E-state index in [9.17, 15) is 14.9 Å². The van der Waals surface area contributed by atoms with Gasteiger partial charge in [0.15, 0.2) is 0 Å². The molecular weight excluding hydrogens is 388 g/mol. The van der Waals surface area contributed by atoms with Gasteiger partial charge in [0.1, 0.15) is 22.7 Å². The highest BCUT2D eigenvalue weighted by Gasteiger charge is 2.34. The summed E-state index contributed by atoms with van der Waals surface area (Å²) >= 11 is 1.27. The zero-order chi connectivity index (χ0) is 21.0. The molecular formula is C21H24N4O3S. The Morgan fingerprint density at radius 2 is 2.24 bits per heavy atom. The molecule has 29 heavy (non-hydrogen) atoms. The lowest BCUT2D eigenvalue weighted by atomic mass is 9.99. The number of anilines is 1. The van der Waals surface area contributed by atoms with Gasteiger partial charge in [0.2, 0.25) is 5.91 Å². The molecule has 0 saturated carbocycles. The summed E-state index contributed by atoms with van der Waals surface area (Å²) < 4.78 is 5.51. The van der Waals surface area contributed by atoms with Crippen LogP contribution in [0.15, 0.2) is 24.5 Å². The van der Waals surface area contributed by atoms with E-state index in [2.05, 4.69) is 21.7 Å². The molecule has 1 aliphatic rings. The Balaban J connectivity index is 1.76. The van der Waals surface area contributed by atoms with Gasteiger partial charge >= 0.3 is 5.97 Å².